The second kappa shape index (κ2) is 6.39. The fourth-order valence-corrected chi connectivity index (χ4v) is 2.45. The second-order valence-electron chi connectivity index (χ2n) is 5.19. The van der Waals surface area contributed by atoms with Gasteiger partial charge in [-0.3, -0.25) is 0 Å². The molecule has 0 radical (unpaired) electrons. The van der Waals surface area contributed by atoms with Gasteiger partial charge >= 0.3 is 0 Å². The lowest BCUT2D eigenvalue weighted by atomic mass is 9.93. The van der Waals surface area contributed by atoms with Gasteiger partial charge in [-0.2, -0.15) is 0 Å². The maximum absolute atomic E-state index is 2.28. The molecule has 94 valence electrons. The molecule has 2 rings (SSSR count). The van der Waals surface area contributed by atoms with Crippen LogP contribution in [-0.2, 0) is 12.8 Å². The quantitative estimate of drug-likeness (QED) is 0.688. The number of aryl methyl sites for hydroxylation is 2. The molecule has 0 fully saturated rings. The minimum Gasteiger partial charge on any atom is -0.0622 e. The molecule has 0 aliphatic rings. The molecule has 0 aliphatic carbocycles. The van der Waals surface area contributed by atoms with E-state index in [2.05, 4.69) is 68.4 Å². The summed E-state index contributed by atoms with van der Waals surface area (Å²) in [4.78, 5) is 0. The molecule has 2 aromatic rings. The van der Waals surface area contributed by atoms with Gasteiger partial charge in [0.2, 0.25) is 0 Å². The van der Waals surface area contributed by atoms with Gasteiger partial charge in [-0.15, -0.1) is 0 Å². The summed E-state index contributed by atoms with van der Waals surface area (Å²) in [5, 5.41) is 0. The van der Waals surface area contributed by atoms with Crippen LogP contribution in [0.1, 0.15) is 42.9 Å². The molecule has 0 spiro atoms. The molecule has 2 aromatic carbocycles. The number of hydrogen-bond donors (Lipinski definition) is 0. The largest absolute Gasteiger partial charge is 0.0622 e. The van der Waals surface area contributed by atoms with E-state index in [1.165, 1.54) is 36.0 Å². The van der Waals surface area contributed by atoms with Crippen molar-refractivity contribution in [2.75, 3.05) is 0 Å². The van der Waals surface area contributed by atoms with Crippen LogP contribution in [0.4, 0.5) is 0 Å². The van der Waals surface area contributed by atoms with Crippen LogP contribution in [0.2, 0.25) is 0 Å². The van der Waals surface area contributed by atoms with Gasteiger partial charge in [0.25, 0.3) is 0 Å². The zero-order valence-corrected chi connectivity index (χ0v) is 11.4. The standard InChI is InChI=1S/C18H22/c1-15(2)18-14-7-6-12-17(18)13-8-11-16-9-4-3-5-10-16/h3-7,9-10,12,14-15H,8,11,13H2,1-2H3. The zero-order chi connectivity index (χ0) is 12.8. The molecule has 0 heterocycles. The fourth-order valence-electron chi connectivity index (χ4n) is 2.45. The van der Waals surface area contributed by atoms with E-state index < -0.39 is 0 Å². The van der Waals surface area contributed by atoms with E-state index in [-0.39, 0.29) is 0 Å². The van der Waals surface area contributed by atoms with Crippen LogP contribution in [0.25, 0.3) is 0 Å². The molecule has 0 saturated heterocycles. The summed E-state index contributed by atoms with van der Waals surface area (Å²) in [5.74, 6) is 0.623. The molecule has 0 unspecified atom stereocenters. The van der Waals surface area contributed by atoms with E-state index in [9.17, 15) is 0 Å². The minimum absolute atomic E-state index is 0.623. The van der Waals surface area contributed by atoms with E-state index in [0.717, 1.165) is 0 Å². The van der Waals surface area contributed by atoms with E-state index in [1.807, 2.05) is 0 Å². The fraction of sp³-hybridized carbons (Fsp3) is 0.333. The summed E-state index contributed by atoms with van der Waals surface area (Å²) < 4.78 is 0. The molecule has 0 aliphatic heterocycles. The summed E-state index contributed by atoms with van der Waals surface area (Å²) in [6.45, 7) is 4.55. The van der Waals surface area contributed by atoms with Crippen LogP contribution in [0, 0.1) is 0 Å². The van der Waals surface area contributed by atoms with E-state index in [4.69, 9.17) is 0 Å². The first-order chi connectivity index (χ1) is 8.77. The van der Waals surface area contributed by atoms with Crippen molar-refractivity contribution in [1.29, 1.82) is 0 Å². The monoisotopic (exact) mass is 238 g/mol. The zero-order valence-electron chi connectivity index (χ0n) is 11.4. The van der Waals surface area contributed by atoms with Gasteiger partial charge in [0, 0.05) is 0 Å². The van der Waals surface area contributed by atoms with Crippen LogP contribution in [0.5, 0.6) is 0 Å². The van der Waals surface area contributed by atoms with Gasteiger partial charge in [0.15, 0.2) is 0 Å². The van der Waals surface area contributed by atoms with Crippen molar-refractivity contribution in [3.8, 4) is 0 Å². The highest BCUT2D eigenvalue weighted by Crippen LogP contribution is 2.20. The van der Waals surface area contributed by atoms with Crippen molar-refractivity contribution in [2.24, 2.45) is 0 Å². The summed E-state index contributed by atoms with van der Waals surface area (Å²) in [7, 11) is 0. The molecule has 0 heteroatoms. The Morgan fingerprint density at radius 2 is 1.44 bits per heavy atom. The predicted molar refractivity (Wildman–Crippen MR) is 79.0 cm³/mol. The number of hydrogen-bond acceptors (Lipinski definition) is 0. The lowest BCUT2D eigenvalue weighted by molar-refractivity contribution is 0.783. The summed E-state index contributed by atoms with van der Waals surface area (Å²) in [5.41, 5.74) is 4.47. The third-order valence-electron chi connectivity index (χ3n) is 3.43. The molecule has 0 nitrogen and oxygen atoms in total. The minimum atomic E-state index is 0.623. The molecule has 0 bridgehead atoms. The Balaban J connectivity index is 1.94. The highest BCUT2D eigenvalue weighted by atomic mass is 14.1. The maximum atomic E-state index is 2.28. The van der Waals surface area contributed by atoms with Crippen molar-refractivity contribution in [3.05, 3.63) is 71.3 Å². The van der Waals surface area contributed by atoms with E-state index in [1.54, 1.807) is 0 Å². The van der Waals surface area contributed by atoms with Crippen molar-refractivity contribution >= 4 is 0 Å². The summed E-state index contributed by atoms with van der Waals surface area (Å²) in [6, 6.07) is 19.6. The van der Waals surface area contributed by atoms with Crippen LogP contribution >= 0.6 is 0 Å². The van der Waals surface area contributed by atoms with Gasteiger partial charge in [-0.05, 0) is 41.9 Å². The molecule has 0 atom stereocenters. The molecular formula is C18H22. The Morgan fingerprint density at radius 3 is 2.17 bits per heavy atom. The lowest BCUT2D eigenvalue weighted by Crippen LogP contribution is -1.97. The topological polar surface area (TPSA) is 0 Å². The highest BCUT2D eigenvalue weighted by molar-refractivity contribution is 5.30. The first-order valence-corrected chi connectivity index (χ1v) is 6.89. The average molecular weight is 238 g/mol. The first kappa shape index (κ1) is 12.9. The van der Waals surface area contributed by atoms with Crippen LogP contribution in [-0.4, -0.2) is 0 Å². The van der Waals surface area contributed by atoms with E-state index >= 15 is 0 Å². The van der Waals surface area contributed by atoms with Crippen molar-refractivity contribution in [3.63, 3.8) is 0 Å². The van der Waals surface area contributed by atoms with Crippen LogP contribution in [0.15, 0.2) is 54.6 Å². The highest BCUT2D eigenvalue weighted by Gasteiger charge is 2.05. The van der Waals surface area contributed by atoms with Gasteiger partial charge in [0.1, 0.15) is 0 Å². The Hall–Kier alpha value is -1.56. The Kier molecular flexibility index (Phi) is 4.58. The summed E-state index contributed by atoms with van der Waals surface area (Å²) in [6.07, 6.45) is 3.59. The molecule has 0 aromatic heterocycles. The first-order valence-electron chi connectivity index (χ1n) is 6.89. The summed E-state index contributed by atoms with van der Waals surface area (Å²) >= 11 is 0. The smallest absolute Gasteiger partial charge is 0.0216 e. The molecular weight excluding hydrogens is 216 g/mol. The molecule has 18 heavy (non-hydrogen) atoms. The predicted octanol–water partition coefficient (Wildman–Crippen LogP) is 4.99. The van der Waals surface area contributed by atoms with Crippen molar-refractivity contribution in [1.82, 2.24) is 0 Å². The Bertz CT molecular complexity index is 468. The molecule has 0 saturated carbocycles. The Labute approximate surface area is 111 Å². The third kappa shape index (κ3) is 3.46. The van der Waals surface area contributed by atoms with E-state index in [0.29, 0.717) is 5.92 Å². The average Bonchev–Trinajstić information content (AvgIpc) is 2.40. The SMILES string of the molecule is CC(C)c1ccccc1CCCc1ccccc1. The third-order valence-corrected chi connectivity index (χ3v) is 3.43. The van der Waals surface area contributed by atoms with Gasteiger partial charge < -0.3 is 0 Å². The molecule has 0 amide bonds. The van der Waals surface area contributed by atoms with Gasteiger partial charge in [0.05, 0.1) is 0 Å². The number of rotatable bonds is 5. The van der Waals surface area contributed by atoms with Crippen molar-refractivity contribution < 1.29 is 0 Å². The van der Waals surface area contributed by atoms with Gasteiger partial charge in [-0.1, -0.05) is 68.4 Å². The second-order valence-corrected chi connectivity index (χ2v) is 5.19. The van der Waals surface area contributed by atoms with Gasteiger partial charge in [-0.25, -0.2) is 0 Å². The molecule has 0 N–H and O–H groups in total. The van der Waals surface area contributed by atoms with Crippen LogP contribution in [0.3, 0.4) is 0 Å². The van der Waals surface area contributed by atoms with Crippen LogP contribution < -0.4 is 0 Å². The lowest BCUT2D eigenvalue weighted by Gasteiger charge is -2.12. The Morgan fingerprint density at radius 1 is 0.778 bits per heavy atom. The maximum Gasteiger partial charge on any atom is -0.0216 e. The van der Waals surface area contributed by atoms with Crippen molar-refractivity contribution in [2.45, 2.75) is 39.0 Å². The normalized spacial score (nSPS) is 10.8. The number of benzene rings is 2.